The molecule has 0 radical (unpaired) electrons. The molecule has 0 fully saturated rings. The molecule has 2 aliphatic heterocycles. The monoisotopic (exact) mass is 1190 g/mol. The summed E-state index contributed by atoms with van der Waals surface area (Å²) in [6, 6.07) is 11.3. The minimum absolute atomic E-state index is 0.00793. The van der Waals surface area contributed by atoms with Crippen molar-refractivity contribution in [3.8, 4) is 22.5 Å². The topological polar surface area (TPSA) is 432 Å². The number of carboxylic acids is 3. The Morgan fingerprint density at radius 3 is 2.22 bits per heavy atom. The largest absolute Gasteiger partial charge is 0.481 e. The number of amides is 3. The zero-order valence-corrected chi connectivity index (χ0v) is 46.8. The maximum Gasteiger partial charge on any atom is 0.407 e. The SMILES string of the molecule is CSSC[C@H](NC(=O)[C@H](CC(=O)O)CC(=O)[C@@H](N)CCC(=O)CCC(=O)N1Cc2ccccc2-c2c(nnn2CCOCCOCCOCCNC(=O)O[C@@H]([C@@H]2OC(C(=O)O)=C[C@H](N=C(N)N)[C@H]2C)[C@H](O)CO)-c2ccccc21)C(=O)O. The van der Waals surface area contributed by atoms with Crippen LogP contribution in [0.2, 0.25) is 0 Å². The minimum Gasteiger partial charge on any atom is -0.481 e. The van der Waals surface area contributed by atoms with Gasteiger partial charge in [-0.15, -0.1) is 5.10 Å². The Kier molecular flexibility index (Phi) is 26.4. The quantitative estimate of drug-likeness (QED) is 0.0168. The molecule has 82 heavy (non-hydrogen) atoms. The number of carbonyl (C=O) groups excluding carboxylic acids is 5. The second kappa shape index (κ2) is 33.0. The van der Waals surface area contributed by atoms with Crippen LogP contribution < -0.4 is 32.7 Å². The van der Waals surface area contributed by atoms with E-state index in [-0.39, 0.29) is 102 Å². The molecule has 1 aromatic heterocycles. The number of Topliss-reactive ketones (excluding diaryl/α,β-unsaturated/α-hetero) is 2. The smallest absolute Gasteiger partial charge is 0.407 e. The van der Waals surface area contributed by atoms with Crippen LogP contribution in [0.1, 0.15) is 51.0 Å². The van der Waals surface area contributed by atoms with Gasteiger partial charge in [0.2, 0.25) is 17.6 Å². The number of aromatic nitrogens is 3. The number of aliphatic imine (C=N–C) groups is 1. The van der Waals surface area contributed by atoms with Gasteiger partial charge in [-0.05, 0) is 30.4 Å². The number of rotatable bonds is 35. The number of ketones is 2. The molecule has 0 spiro atoms. The molecule has 30 heteroatoms. The molecule has 3 heterocycles. The summed E-state index contributed by atoms with van der Waals surface area (Å²) < 4.78 is 29.7. The molecule has 5 rings (SSSR count). The Bertz CT molecular complexity index is 2760. The first-order valence-corrected chi connectivity index (χ1v) is 28.8. The Morgan fingerprint density at radius 2 is 1.56 bits per heavy atom. The van der Waals surface area contributed by atoms with E-state index in [1.807, 2.05) is 36.4 Å². The highest BCUT2D eigenvalue weighted by Crippen LogP contribution is 2.41. The van der Waals surface area contributed by atoms with Gasteiger partial charge in [0, 0.05) is 55.0 Å². The molecule has 2 aromatic carbocycles. The van der Waals surface area contributed by atoms with Crippen molar-refractivity contribution >= 4 is 80.6 Å². The number of nitrogens with two attached hydrogens (primary N) is 3. The minimum atomic E-state index is -1.64. The normalized spacial score (nSPS) is 17.3. The van der Waals surface area contributed by atoms with Crippen molar-refractivity contribution in [2.24, 2.45) is 34.0 Å². The molecule has 3 amide bonds. The summed E-state index contributed by atoms with van der Waals surface area (Å²) in [7, 11) is 2.47. The highest BCUT2D eigenvalue weighted by atomic mass is 33.1. The third-order valence-corrected chi connectivity index (χ3v) is 14.9. The van der Waals surface area contributed by atoms with E-state index >= 15 is 0 Å². The van der Waals surface area contributed by atoms with E-state index in [9.17, 15) is 63.9 Å². The maximum atomic E-state index is 14.1. The van der Waals surface area contributed by atoms with Crippen molar-refractivity contribution in [3.63, 3.8) is 0 Å². The molecule has 2 aliphatic rings. The zero-order valence-electron chi connectivity index (χ0n) is 45.2. The first-order valence-electron chi connectivity index (χ1n) is 26.0. The van der Waals surface area contributed by atoms with Crippen LogP contribution in [0.4, 0.5) is 10.5 Å². The van der Waals surface area contributed by atoms with Gasteiger partial charge in [-0.2, -0.15) is 0 Å². The standard InChI is InChI=1S/C52H70N10O18S2/c1-29-36(58-51(54)55)25-41(50(73)74)79-46(29)47(40(66)27-63)80-52(75)56-15-17-76-19-21-78-22-20-77-18-16-62-45-33-8-4-3-7-30(33)26-61(38-10-6-5-9-34(38)44(45)59-60-62)42(67)14-12-32(64)11-13-35(53)39(65)23-31(24-43(68)69)48(70)57-37(49(71)72)28-82-81-2/h3-10,25,29,31,35-37,40,46-47,63,66H,11-24,26-28,53H2,1-2H3,(H,56,75)(H,57,70)(H,68,69)(H,71,72)(H,73,74)(H4,54,55,58)/t29-,31+,35+,36+,37+,40-,46-,47-/m1/s1. The van der Waals surface area contributed by atoms with Crippen molar-refractivity contribution in [1.29, 1.82) is 0 Å². The molecule has 0 saturated carbocycles. The Hall–Kier alpha value is -7.19. The number of fused-ring (bicyclic) bond motifs is 5. The molecule has 0 bridgehead atoms. The van der Waals surface area contributed by atoms with Crippen molar-refractivity contribution in [1.82, 2.24) is 25.6 Å². The number of para-hydroxylation sites is 1. The number of nitrogens with one attached hydrogen (secondary N) is 2. The lowest BCUT2D eigenvalue weighted by Gasteiger charge is -2.38. The van der Waals surface area contributed by atoms with Gasteiger partial charge in [0.15, 0.2) is 12.1 Å². The van der Waals surface area contributed by atoms with E-state index in [1.54, 1.807) is 34.9 Å². The number of hydrogen-bond donors (Lipinski definition) is 10. The highest BCUT2D eigenvalue weighted by molar-refractivity contribution is 8.76. The molecule has 3 aromatic rings. The molecule has 448 valence electrons. The van der Waals surface area contributed by atoms with Gasteiger partial charge < -0.3 is 82.0 Å². The van der Waals surface area contributed by atoms with Gasteiger partial charge in [0.05, 0.1) is 95.1 Å². The Labute approximate surface area is 479 Å². The number of carboxylic acid groups (broad SMARTS) is 3. The first-order chi connectivity index (χ1) is 39.2. The number of nitrogens with zero attached hydrogens (tertiary/aromatic N) is 5. The van der Waals surface area contributed by atoms with Crippen LogP contribution in [0.5, 0.6) is 0 Å². The van der Waals surface area contributed by atoms with Crippen LogP contribution in [-0.4, -0.2) is 195 Å². The van der Waals surface area contributed by atoms with Gasteiger partial charge in [-0.1, -0.05) is 76.2 Å². The number of aliphatic hydroxyl groups is 2. The number of anilines is 1. The lowest BCUT2D eigenvalue weighted by atomic mass is 9.87. The van der Waals surface area contributed by atoms with Crippen molar-refractivity contribution in [2.75, 3.05) is 69.7 Å². The first kappa shape index (κ1) is 65.6. The molecule has 0 aliphatic carbocycles. The summed E-state index contributed by atoms with van der Waals surface area (Å²) in [6.45, 7) is 2.35. The number of aliphatic carboxylic acids is 3. The zero-order chi connectivity index (χ0) is 59.9. The summed E-state index contributed by atoms with van der Waals surface area (Å²) >= 11 is 0. The average Bonchev–Trinajstić information content (AvgIpc) is 3.52. The fourth-order valence-corrected chi connectivity index (χ4v) is 10.1. The molecule has 8 atom stereocenters. The summed E-state index contributed by atoms with van der Waals surface area (Å²) in [5, 5.41) is 62.4. The molecular weight excluding hydrogens is 1120 g/mol. The lowest BCUT2D eigenvalue weighted by molar-refractivity contribution is -0.147. The van der Waals surface area contributed by atoms with Crippen LogP contribution in [0, 0.1) is 11.8 Å². The number of hydrogen-bond acceptors (Lipinski definition) is 21. The number of ether oxygens (including phenoxy) is 5. The summed E-state index contributed by atoms with van der Waals surface area (Å²) in [6.07, 6.45) is -4.43. The molecule has 28 nitrogen and oxygen atoms in total. The van der Waals surface area contributed by atoms with E-state index in [4.69, 9.17) is 40.9 Å². The van der Waals surface area contributed by atoms with E-state index in [1.165, 1.54) is 27.7 Å². The third-order valence-electron chi connectivity index (χ3n) is 13.1. The van der Waals surface area contributed by atoms with Crippen LogP contribution in [0.25, 0.3) is 22.5 Å². The Morgan fingerprint density at radius 1 is 0.890 bits per heavy atom. The van der Waals surface area contributed by atoms with Crippen LogP contribution in [0.15, 0.2) is 65.4 Å². The Balaban J connectivity index is 1.06. The van der Waals surface area contributed by atoms with Crippen LogP contribution >= 0.6 is 21.6 Å². The van der Waals surface area contributed by atoms with E-state index < -0.39 is 109 Å². The van der Waals surface area contributed by atoms with Gasteiger partial charge in [-0.25, -0.2) is 24.1 Å². The molecular formula is C52H70N10O18S2. The number of aliphatic hydroxyl groups excluding tert-OH is 2. The van der Waals surface area contributed by atoms with E-state index in [2.05, 4.69) is 25.9 Å². The number of benzene rings is 2. The number of guanidine groups is 1. The van der Waals surface area contributed by atoms with Gasteiger partial charge >= 0.3 is 24.0 Å². The highest BCUT2D eigenvalue weighted by Gasteiger charge is 2.44. The fraction of sp³-hybridized carbons (Fsp3) is 0.519. The van der Waals surface area contributed by atoms with Crippen molar-refractivity contribution in [2.45, 2.75) is 95.0 Å². The van der Waals surface area contributed by atoms with Gasteiger partial charge in [0.1, 0.15) is 35.5 Å². The molecule has 0 saturated heterocycles. The van der Waals surface area contributed by atoms with Crippen molar-refractivity contribution < 1.29 is 87.6 Å². The second-order valence-electron chi connectivity index (χ2n) is 18.9. The van der Waals surface area contributed by atoms with Gasteiger partial charge in [0.25, 0.3) is 0 Å². The summed E-state index contributed by atoms with van der Waals surface area (Å²) in [5.74, 6) is -9.34. The summed E-state index contributed by atoms with van der Waals surface area (Å²) in [4.78, 5) is 107. The van der Waals surface area contributed by atoms with E-state index in [0.29, 0.717) is 29.2 Å². The van der Waals surface area contributed by atoms with Crippen LogP contribution in [-0.2, 0) is 70.3 Å². The molecule has 13 N–H and O–H groups in total. The summed E-state index contributed by atoms with van der Waals surface area (Å²) in [5.41, 5.74) is 21.1. The predicted molar refractivity (Wildman–Crippen MR) is 298 cm³/mol. The number of alkyl carbamates (subject to hydrolysis) is 1. The van der Waals surface area contributed by atoms with Crippen molar-refractivity contribution in [3.05, 3.63) is 65.9 Å². The number of carbonyl (C=O) groups is 8. The lowest BCUT2D eigenvalue weighted by Crippen LogP contribution is -2.52. The maximum absolute atomic E-state index is 14.1. The average molecular weight is 1190 g/mol. The predicted octanol–water partition coefficient (Wildman–Crippen LogP) is 0.689. The molecule has 0 unspecified atom stereocenters. The van der Waals surface area contributed by atoms with E-state index in [0.717, 1.165) is 11.1 Å². The van der Waals surface area contributed by atoms with Gasteiger partial charge in [-0.3, -0.25) is 24.0 Å². The second-order valence-corrected chi connectivity index (χ2v) is 21.5. The third kappa shape index (κ3) is 19.5. The van der Waals surface area contributed by atoms with Crippen LogP contribution in [0.3, 0.4) is 0 Å². The fourth-order valence-electron chi connectivity index (χ4n) is 8.80.